The predicted octanol–water partition coefficient (Wildman–Crippen LogP) is 2.25. The first kappa shape index (κ1) is 16.8. The summed E-state index contributed by atoms with van der Waals surface area (Å²) in [6.07, 6.45) is 0.283. The van der Waals surface area contributed by atoms with Crippen molar-refractivity contribution in [1.82, 2.24) is 10.4 Å². The third-order valence-corrected chi connectivity index (χ3v) is 4.67. The van der Waals surface area contributed by atoms with Gasteiger partial charge in [-0.15, -0.1) is 11.8 Å². The van der Waals surface area contributed by atoms with Crippen LogP contribution < -0.4 is 5.48 Å². The Morgan fingerprint density at radius 3 is 2.86 bits per heavy atom. The Morgan fingerprint density at radius 2 is 2.23 bits per heavy atom. The second-order valence-electron chi connectivity index (χ2n) is 4.81. The number of benzene rings is 1. The van der Waals surface area contributed by atoms with Crippen molar-refractivity contribution in [3.05, 3.63) is 35.6 Å². The summed E-state index contributed by atoms with van der Waals surface area (Å²) in [4.78, 5) is 30.9. The first-order valence-corrected chi connectivity index (χ1v) is 8.23. The van der Waals surface area contributed by atoms with Crippen molar-refractivity contribution < 1.29 is 18.8 Å². The smallest absolute Gasteiger partial charge is 0.267 e. The number of rotatable bonds is 5. The molecule has 2 rings (SSSR count). The summed E-state index contributed by atoms with van der Waals surface area (Å²) < 4.78 is 13.4. The molecule has 0 bridgehead atoms. The number of amides is 2. The van der Waals surface area contributed by atoms with Crippen molar-refractivity contribution in [2.75, 3.05) is 12.4 Å². The molecule has 0 radical (unpaired) electrons. The van der Waals surface area contributed by atoms with Crippen LogP contribution in [0.25, 0.3) is 0 Å². The van der Waals surface area contributed by atoms with E-state index in [1.54, 1.807) is 26.0 Å². The van der Waals surface area contributed by atoms with Gasteiger partial charge in [0.1, 0.15) is 17.2 Å². The van der Waals surface area contributed by atoms with Crippen LogP contribution in [0, 0.1) is 5.82 Å². The summed E-state index contributed by atoms with van der Waals surface area (Å²) in [5.41, 5.74) is 3.03. The molecule has 1 aliphatic rings. The van der Waals surface area contributed by atoms with Gasteiger partial charge in [-0.3, -0.25) is 14.4 Å². The van der Waals surface area contributed by atoms with Crippen LogP contribution in [0.5, 0.6) is 0 Å². The van der Waals surface area contributed by atoms with Crippen molar-refractivity contribution in [2.45, 2.75) is 31.7 Å². The number of halogens is 1. The highest BCUT2D eigenvalue weighted by Crippen LogP contribution is 2.41. The fraction of sp³-hybridized carbons (Fsp3) is 0.467. The van der Waals surface area contributed by atoms with Gasteiger partial charge in [0.2, 0.25) is 5.91 Å². The summed E-state index contributed by atoms with van der Waals surface area (Å²) in [5, 5.41) is -0.361. The molecule has 0 spiro atoms. The molecule has 0 aliphatic carbocycles. The third-order valence-electron chi connectivity index (χ3n) is 3.34. The first-order valence-electron chi connectivity index (χ1n) is 7.18. The van der Waals surface area contributed by atoms with Gasteiger partial charge in [-0.2, -0.15) is 0 Å². The number of hydrogen-bond donors (Lipinski definition) is 1. The minimum absolute atomic E-state index is 0.143. The predicted molar refractivity (Wildman–Crippen MR) is 82.3 cm³/mol. The molecule has 1 heterocycles. The van der Waals surface area contributed by atoms with E-state index in [9.17, 15) is 14.0 Å². The maximum Gasteiger partial charge on any atom is 0.267 e. The maximum atomic E-state index is 13.4. The molecule has 5 nitrogen and oxygen atoms in total. The van der Waals surface area contributed by atoms with E-state index in [0.29, 0.717) is 17.9 Å². The van der Waals surface area contributed by atoms with Gasteiger partial charge in [0, 0.05) is 12.2 Å². The highest BCUT2D eigenvalue weighted by atomic mass is 32.2. The maximum absolute atomic E-state index is 13.4. The van der Waals surface area contributed by atoms with E-state index < -0.39 is 6.04 Å². The van der Waals surface area contributed by atoms with Crippen LogP contribution in [0.4, 0.5) is 4.39 Å². The van der Waals surface area contributed by atoms with Crippen molar-refractivity contribution in [3.63, 3.8) is 0 Å². The van der Waals surface area contributed by atoms with Crippen LogP contribution >= 0.6 is 11.8 Å². The molecular formula is C15H19FN2O3S. The summed E-state index contributed by atoms with van der Waals surface area (Å²) in [6, 6.07) is 5.51. The normalized spacial score (nSPS) is 21.0. The lowest BCUT2D eigenvalue weighted by molar-refractivity contribution is -0.145. The third kappa shape index (κ3) is 3.59. The van der Waals surface area contributed by atoms with Crippen LogP contribution in [-0.4, -0.2) is 35.1 Å². The van der Waals surface area contributed by atoms with Gasteiger partial charge in [0.05, 0.1) is 6.61 Å². The standard InChI is InChI=1S/C15H19FN2O3S/c1-3-13(19)18-12(14(20)17-21-4-2)9-22-15(18)10-6-5-7-11(16)8-10/h5-8,12,15H,3-4,9H2,1-2H3,(H,17,20). The molecule has 0 saturated carbocycles. The second kappa shape index (κ2) is 7.60. The number of nitrogens with one attached hydrogen (secondary N) is 1. The molecule has 1 aliphatic heterocycles. The lowest BCUT2D eigenvalue weighted by Crippen LogP contribution is -2.47. The Labute approximate surface area is 133 Å². The molecule has 0 aromatic heterocycles. The van der Waals surface area contributed by atoms with E-state index in [4.69, 9.17) is 4.84 Å². The van der Waals surface area contributed by atoms with Gasteiger partial charge in [0.15, 0.2) is 0 Å². The summed E-state index contributed by atoms with van der Waals surface area (Å²) in [6.45, 7) is 3.85. The first-order chi connectivity index (χ1) is 10.6. The average Bonchev–Trinajstić information content (AvgIpc) is 2.96. The average molecular weight is 326 g/mol. The van der Waals surface area contributed by atoms with Crippen LogP contribution in [0.3, 0.4) is 0 Å². The zero-order valence-electron chi connectivity index (χ0n) is 12.5. The van der Waals surface area contributed by atoms with Crippen LogP contribution in [0.1, 0.15) is 31.2 Å². The molecule has 1 fully saturated rings. The number of hydroxylamine groups is 1. The van der Waals surface area contributed by atoms with Crippen LogP contribution in [-0.2, 0) is 14.4 Å². The number of carbonyl (C=O) groups is 2. The summed E-state index contributed by atoms with van der Waals surface area (Å²) >= 11 is 1.45. The van der Waals surface area contributed by atoms with Gasteiger partial charge in [-0.1, -0.05) is 19.1 Å². The molecule has 2 atom stereocenters. The zero-order chi connectivity index (χ0) is 16.1. The van der Waals surface area contributed by atoms with E-state index >= 15 is 0 Å². The SMILES string of the molecule is CCONC(=O)C1CSC(c2cccc(F)c2)N1C(=O)CC. The molecular weight excluding hydrogens is 307 g/mol. The van der Waals surface area contributed by atoms with Gasteiger partial charge in [0.25, 0.3) is 5.91 Å². The van der Waals surface area contributed by atoms with Crippen molar-refractivity contribution in [3.8, 4) is 0 Å². The minimum Gasteiger partial charge on any atom is -0.314 e. The monoisotopic (exact) mass is 326 g/mol. The zero-order valence-corrected chi connectivity index (χ0v) is 13.4. The molecule has 22 heavy (non-hydrogen) atoms. The highest BCUT2D eigenvalue weighted by molar-refractivity contribution is 7.99. The number of carbonyl (C=O) groups excluding carboxylic acids is 2. The lowest BCUT2D eigenvalue weighted by Gasteiger charge is -2.28. The van der Waals surface area contributed by atoms with Gasteiger partial charge >= 0.3 is 0 Å². The van der Waals surface area contributed by atoms with Crippen molar-refractivity contribution >= 4 is 23.6 Å². The van der Waals surface area contributed by atoms with E-state index in [1.807, 2.05) is 0 Å². The fourth-order valence-electron chi connectivity index (χ4n) is 2.32. The molecule has 1 saturated heterocycles. The Bertz CT molecular complexity index is 555. The largest absolute Gasteiger partial charge is 0.314 e. The van der Waals surface area contributed by atoms with Gasteiger partial charge in [-0.25, -0.2) is 9.87 Å². The Hall–Kier alpha value is -1.60. The highest BCUT2D eigenvalue weighted by Gasteiger charge is 2.41. The van der Waals surface area contributed by atoms with Crippen LogP contribution in [0.15, 0.2) is 24.3 Å². The molecule has 1 aromatic carbocycles. The van der Waals surface area contributed by atoms with E-state index in [0.717, 1.165) is 0 Å². The van der Waals surface area contributed by atoms with Crippen LogP contribution in [0.2, 0.25) is 0 Å². The quantitative estimate of drug-likeness (QED) is 0.843. The molecule has 1 aromatic rings. The van der Waals surface area contributed by atoms with Gasteiger partial charge in [-0.05, 0) is 24.6 Å². The Kier molecular flexibility index (Phi) is 5.79. The van der Waals surface area contributed by atoms with E-state index in [2.05, 4.69) is 5.48 Å². The molecule has 2 unspecified atom stereocenters. The van der Waals surface area contributed by atoms with E-state index in [1.165, 1.54) is 28.8 Å². The topological polar surface area (TPSA) is 58.6 Å². The Balaban J connectivity index is 2.24. The molecule has 1 N–H and O–H groups in total. The van der Waals surface area contributed by atoms with Gasteiger partial charge < -0.3 is 4.90 Å². The summed E-state index contributed by atoms with van der Waals surface area (Å²) in [5.74, 6) is -0.401. The second-order valence-corrected chi connectivity index (χ2v) is 5.92. The lowest BCUT2D eigenvalue weighted by atomic mass is 10.1. The fourth-order valence-corrected chi connectivity index (χ4v) is 3.76. The van der Waals surface area contributed by atoms with Crippen molar-refractivity contribution in [2.24, 2.45) is 0 Å². The summed E-state index contributed by atoms with van der Waals surface area (Å²) in [7, 11) is 0. The molecule has 7 heteroatoms. The minimum atomic E-state index is -0.614. The van der Waals surface area contributed by atoms with E-state index in [-0.39, 0.29) is 29.4 Å². The number of hydrogen-bond acceptors (Lipinski definition) is 4. The molecule has 2 amide bonds. The Morgan fingerprint density at radius 1 is 1.45 bits per heavy atom. The molecule has 120 valence electrons. The van der Waals surface area contributed by atoms with Crippen molar-refractivity contribution in [1.29, 1.82) is 0 Å². The number of nitrogens with zero attached hydrogens (tertiary/aromatic N) is 1. The number of thioether (sulfide) groups is 1.